The predicted octanol–water partition coefficient (Wildman–Crippen LogP) is 4.09. The molecule has 8 nitrogen and oxygen atoms in total. The number of amides is 2. The highest BCUT2D eigenvalue weighted by Gasteiger charge is 2.29. The minimum Gasteiger partial charge on any atom is -0.480 e. The average Bonchev–Trinajstić information content (AvgIpc) is 3.43. The molecule has 2 aromatic carbocycles. The largest absolute Gasteiger partial charge is 0.480 e. The number of carbonyl (C=O) groups is 3. The Kier molecular flexibility index (Phi) is 7.77. The molecule has 0 fully saturated rings. The smallest absolute Gasteiger partial charge is 0.407 e. The van der Waals surface area contributed by atoms with Gasteiger partial charge in [-0.05, 0) is 28.7 Å². The number of thiazole rings is 1. The molecule has 3 aromatic rings. The maximum atomic E-state index is 12.4. The molecule has 0 spiro atoms. The first kappa shape index (κ1) is 24.4. The second-order valence-corrected chi connectivity index (χ2v) is 9.28. The molecule has 4 rings (SSSR count). The number of carbonyl (C=O) groups excluding carboxylic acids is 2. The fourth-order valence-corrected chi connectivity index (χ4v) is 5.00. The van der Waals surface area contributed by atoms with Gasteiger partial charge in [0.25, 0.3) is 0 Å². The van der Waals surface area contributed by atoms with Gasteiger partial charge in [0.1, 0.15) is 17.7 Å². The zero-order valence-corrected chi connectivity index (χ0v) is 20.1. The van der Waals surface area contributed by atoms with Gasteiger partial charge in [-0.2, -0.15) is 0 Å². The molecule has 1 aliphatic carbocycles. The Morgan fingerprint density at radius 1 is 1.09 bits per heavy atom. The summed E-state index contributed by atoms with van der Waals surface area (Å²) in [5.41, 5.74) is 5.15. The fourth-order valence-electron chi connectivity index (χ4n) is 4.26. The first-order chi connectivity index (χ1) is 17.0. The number of ether oxygens (including phenoxy) is 1. The van der Waals surface area contributed by atoms with Crippen molar-refractivity contribution in [1.82, 2.24) is 15.6 Å². The Morgan fingerprint density at radius 3 is 2.37 bits per heavy atom. The van der Waals surface area contributed by atoms with Crippen LogP contribution in [0.2, 0.25) is 0 Å². The Bertz CT molecular complexity index is 1180. The molecule has 35 heavy (non-hydrogen) atoms. The summed E-state index contributed by atoms with van der Waals surface area (Å²) in [6.07, 6.45) is 0.465. The van der Waals surface area contributed by atoms with Crippen LogP contribution in [0.5, 0.6) is 0 Å². The lowest BCUT2D eigenvalue weighted by molar-refractivity contribution is -0.141. The van der Waals surface area contributed by atoms with Gasteiger partial charge in [-0.25, -0.2) is 14.6 Å². The lowest BCUT2D eigenvalue weighted by Gasteiger charge is -2.14. The van der Waals surface area contributed by atoms with Crippen molar-refractivity contribution in [2.24, 2.45) is 0 Å². The summed E-state index contributed by atoms with van der Waals surface area (Å²) in [5, 5.41) is 16.8. The van der Waals surface area contributed by atoms with Crippen LogP contribution in [-0.2, 0) is 27.3 Å². The van der Waals surface area contributed by atoms with Crippen LogP contribution >= 0.6 is 11.3 Å². The van der Waals surface area contributed by atoms with Gasteiger partial charge in [0.2, 0.25) is 5.91 Å². The lowest BCUT2D eigenvalue weighted by Crippen LogP contribution is -2.41. The van der Waals surface area contributed by atoms with Crippen molar-refractivity contribution in [2.75, 3.05) is 6.61 Å². The predicted molar refractivity (Wildman–Crippen MR) is 132 cm³/mol. The van der Waals surface area contributed by atoms with Gasteiger partial charge in [0.15, 0.2) is 0 Å². The van der Waals surface area contributed by atoms with E-state index in [2.05, 4.69) is 39.9 Å². The van der Waals surface area contributed by atoms with E-state index in [-0.39, 0.29) is 25.5 Å². The molecule has 0 saturated heterocycles. The number of nitrogens with zero attached hydrogens (tertiary/aromatic N) is 1. The van der Waals surface area contributed by atoms with Gasteiger partial charge in [-0.1, -0.05) is 61.9 Å². The van der Waals surface area contributed by atoms with E-state index in [1.807, 2.05) is 31.2 Å². The highest BCUT2D eigenvalue weighted by atomic mass is 32.1. The minimum atomic E-state index is -1.05. The van der Waals surface area contributed by atoms with Crippen LogP contribution in [0.1, 0.15) is 47.5 Å². The maximum absolute atomic E-state index is 12.4. The fraction of sp³-hybridized carbons (Fsp3) is 0.308. The molecule has 0 unspecified atom stereocenters. The number of benzene rings is 2. The van der Waals surface area contributed by atoms with Crippen molar-refractivity contribution in [1.29, 1.82) is 0 Å². The van der Waals surface area contributed by atoms with E-state index in [0.29, 0.717) is 23.5 Å². The molecule has 182 valence electrons. The molecule has 0 radical (unpaired) electrons. The third-order valence-corrected chi connectivity index (χ3v) is 6.78. The van der Waals surface area contributed by atoms with E-state index in [1.54, 1.807) is 5.38 Å². The topological polar surface area (TPSA) is 118 Å². The van der Waals surface area contributed by atoms with Crippen molar-refractivity contribution >= 4 is 29.3 Å². The monoisotopic (exact) mass is 493 g/mol. The van der Waals surface area contributed by atoms with Gasteiger partial charge in [0.05, 0.1) is 18.7 Å². The standard InChI is InChI=1S/C26H27N3O5S/c1-2-7-22(25(31)32)29-23(30)12-16-15-35-24(28-16)13-27-26(33)34-14-21-19-10-5-3-8-17(19)18-9-4-6-11-20(18)21/h3-6,8-11,15,21-22H,2,7,12-14H2,1H3,(H,27,33)(H,29,30)(H,31,32)/t22-/m1/s1. The summed E-state index contributed by atoms with van der Waals surface area (Å²) < 4.78 is 5.53. The number of hydrogen-bond donors (Lipinski definition) is 3. The number of carboxylic acid groups (broad SMARTS) is 1. The van der Waals surface area contributed by atoms with E-state index < -0.39 is 24.0 Å². The lowest BCUT2D eigenvalue weighted by atomic mass is 9.98. The summed E-state index contributed by atoms with van der Waals surface area (Å²) in [5.74, 6) is -1.46. The van der Waals surface area contributed by atoms with E-state index in [9.17, 15) is 19.5 Å². The Morgan fingerprint density at radius 2 is 1.74 bits per heavy atom. The van der Waals surface area contributed by atoms with Crippen LogP contribution in [-0.4, -0.2) is 40.7 Å². The first-order valence-corrected chi connectivity index (χ1v) is 12.4. The summed E-state index contributed by atoms with van der Waals surface area (Å²) in [7, 11) is 0. The zero-order chi connectivity index (χ0) is 24.8. The van der Waals surface area contributed by atoms with Crippen molar-refractivity contribution in [3.63, 3.8) is 0 Å². The van der Waals surface area contributed by atoms with Crippen molar-refractivity contribution in [3.8, 4) is 11.1 Å². The molecule has 0 aliphatic heterocycles. The Hall–Kier alpha value is -3.72. The van der Waals surface area contributed by atoms with Gasteiger partial charge in [0, 0.05) is 11.3 Å². The van der Waals surface area contributed by atoms with Crippen molar-refractivity contribution in [3.05, 3.63) is 75.7 Å². The van der Waals surface area contributed by atoms with Crippen molar-refractivity contribution < 1.29 is 24.2 Å². The van der Waals surface area contributed by atoms with Gasteiger partial charge in [-0.3, -0.25) is 4.79 Å². The van der Waals surface area contributed by atoms with Crippen LogP contribution < -0.4 is 10.6 Å². The summed E-state index contributed by atoms with van der Waals surface area (Å²) >= 11 is 1.32. The van der Waals surface area contributed by atoms with Crippen LogP contribution in [0.3, 0.4) is 0 Å². The molecule has 3 N–H and O–H groups in total. The minimum absolute atomic E-state index is 0.0135. The third-order valence-electron chi connectivity index (χ3n) is 5.88. The molecule has 0 bridgehead atoms. The molecular formula is C26H27N3O5S. The SMILES string of the molecule is CCC[C@@H](NC(=O)Cc1csc(CNC(=O)OCC2c3ccccc3-c3ccccc32)n1)C(=O)O. The summed E-state index contributed by atoms with van der Waals surface area (Å²) in [6, 6.07) is 15.4. The summed E-state index contributed by atoms with van der Waals surface area (Å²) in [6.45, 7) is 2.26. The summed E-state index contributed by atoms with van der Waals surface area (Å²) in [4.78, 5) is 40.1. The first-order valence-electron chi connectivity index (χ1n) is 11.5. The molecule has 1 aromatic heterocycles. The molecule has 1 aliphatic rings. The molecule has 1 heterocycles. The average molecular weight is 494 g/mol. The van der Waals surface area contributed by atoms with Crippen LogP contribution in [0.25, 0.3) is 11.1 Å². The molecule has 0 saturated carbocycles. The Labute approximate surface area is 207 Å². The number of fused-ring (bicyclic) bond motifs is 3. The highest BCUT2D eigenvalue weighted by Crippen LogP contribution is 2.44. The number of aliphatic carboxylic acids is 1. The highest BCUT2D eigenvalue weighted by molar-refractivity contribution is 7.09. The third kappa shape index (κ3) is 5.86. The van der Waals surface area contributed by atoms with E-state index in [4.69, 9.17) is 4.74 Å². The number of hydrogen-bond acceptors (Lipinski definition) is 6. The Balaban J connectivity index is 1.27. The normalized spacial score (nSPS) is 12.9. The van der Waals surface area contributed by atoms with Crippen LogP contribution in [0, 0.1) is 0 Å². The molecule has 2 amide bonds. The zero-order valence-electron chi connectivity index (χ0n) is 19.3. The second-order valence-electron chi connectivity index (χ2n) is 8.34. The van der Waals surface area contributed by atoms with Gasteiger partial charge >= 0.3 is 12.1 Å². The van der Waals surface area contributed by atoms with Crippen molar-refractivity contribution in [2.45, 2.75) is 44.7 Å². The van der Waals surface area contributed by atoms with E-state index >= 15 is 0 Å². The number of nitrogens with one attached hydrogen (secondary N) is 2. The molecule has 1 atom stereocenters. The number of aromatic nitrogens is 1. The molecular weight excluding hydrogens is 466 g/mol. The second kappa shape index (κ2) is 11.1. The number of carboxylic acids is 1. The maximum Gasteiger partial charge on any atom is 0.407 e. The van der Waals surface area contributed by atoms with Gasteiger partial charge in [-0.15, -0.1) is 11.3 Å². The van der Waals surface area contributed by atoms with E-state index in [1.165, 1.54) is 22.5 Å². The number of rotatable bonds is 10. The number of alkyl carbamates (subject to hydrolysis) is 1. The van der Waals surface area contributed by atoms with E-state index in [0.717, 1.165) is 11.1 Å². The van der Waals surface area contributed by atoms with Crippen LogP contribution in [0.15, 0.2) is 53.9 Å². The quantitative estimate of drug-likeness (QED) is 0.392. The molecule has 9 heteroatoms. The van der Waals surface area contributed by atoms with Crippen LogP contribution in [0.4, 0.5) is 4.79 Å². The van der Waals surface area contributed by atoms with Gasteiger partial charge < -0.3 is 20.5 Å².